The zero-order chi connectivity index (χ0) is 14.8. The average molecular weight is 319 g/mol. The van der Waals surface area contributed by atoms with E-state index in [1.807, 2.05) is 12.1 Å². The van der Waals surface area contributed by atoms with Gasteiger partial charge in [0.2, 0.25) is 11.6 Å². The van der Waals surface area contributed by atoms with Crippen LogP contribution in [0.1, 0.15) is 0 Å². The fourth-order valence-electron chi connectivity index (χ4n) is 1.77. The summed E-state index contributed by atoms with van der Waals surface area (Å²) >= 11 is 12.1. The summed E-state index contributed by atoms with van der Waals surface area (Å²) in [6.45, 7) is 0. The van der Waals surface area contributed by atoms with E-state index >= 15 is 0 Å². The van der Waals surface area contributed by atoms with Gasteiger partial charge in [-0.2, -0.15) is 0 Å². The topological polar surface area (TPSA) is 71.8 Å². The van der Waals surface area contributed by atoms with Gasteiger partial charge >= 0.3 is 0 Å². The summed E-state index contributed by atoms with van der Waals surface area (Å²) in [6, 6.07) is 11.7. The maximum absolute atomic E-state index is 9.34. The monoisotopic (exact) mass is 318 g/mol. The van der Waals surface area contributed by atoms with E-state index in [2.05, 4.69) is 20.4 Å². The normalized spacial score (nSPS) is 10.6. The fourth-order valence-corrected chi connectivity index (χ4v) is 2.25. The Hall–Kier alpha value is -2.24. The van der Waals surface area contributed by atoms with Crippen molar-refractivity contribution in [2.75, 3.05) is 0 Å². The van der Waals surface area contributed by atoms with Gasteiger partial charge in [-0.15, -0.1) is 20.4 Å². The van der Waals surface area contributed by atoms with Crippen molar-refractivity contribution in [1.29, 1.82) is 0 Å². The highest BCUT2D eigenvalue weighted by Gasteiger charge is 2.11. The van der Waals surface area contributed by atoms with Crippen LogP contribution in [-0.4, -0.2) is 25.5 Å². The van der Waals surface area contributed by atoms with E-state index in [1.165, 1.54) is 12.1 Å². The molecule has 0 fully saturated rings. The second kappa shape index (κ2) is 5.63. The number of rotatable bonds is 2. The molecule has 0 saturated heterocycles. The molecule has 0 spiro atoms. The molecule has 7 heteroatoms. The maximum atomic E-state index is 9.34. The molecule has 1 aromatic heterocycles. The number of hydrogen-bond acceptors (Lipinski definition) is 5. The van der Waals surface area contributed by atoms with Crippen molar-refractivity contribution in [3.63, 3.8) is 0 Å². The summed E-state index contributed by atoms with van der Waals surface area (Å²) in [7, 11) is 0. The molecule has 0 saturated carbocycles. The highest BCUT2D eigenvalue weighted by molar-refractivity contribution is 6.33. The molecular formula is C14H8Cl2N4O. The minimum absolute atomic E-state index is 0.0670. The molecule has 1 heterocycles. The van der Waals surface area contributed by atoms with Gasteiger partial charge in [-0.25, -0.2) is 0 Å². The highest BCUT2D eigenvalue weighted by atomic mass is 35.5. The summed E-state index contributed by atoms with van der Waals surface area (Å²) in [4.78, 5) is 0. The third-order valence-corrected chi connectivity index (χ3v) is 3.43. The number of benzene rings is 2. The van der Waals surface area contributed by atoms with Crippen LogP contribution < -0.4 is 0 Å². The van der Waals surface area contributed by atoms with Crippen molar-refractivity contribution in [2.45, 2.75) is 0 Å². The van der Waals surface area contributed by atoms with E-state index in [0.717, 1.165) is 0 Å². The van der Waals surface area contributed by atoms with Crippen molar-refractivity contribution in [2.24, 2.45) is 0 Å². The first-order valence-electron chi connectivity index (χ1n) is 5.96. The molecule has 21 heavy (non-hydrogen) atoms. The summed E-state index contributed by atoms with van der Waals surface area (Å²) in [6.07, 6.45) is 0. The Labute approximate surface area is 130 Å². The van der Waals surface area contributed by atoms with Crippen LogP contribution in [0.2, 0.25) is 10.0 Å². The number of hydrogen-bond donors (Lipinski definition) is 1. The Kier molecular flexibility index (Phi) is 3.68. The van der Waals surface area contributed by atoms with Crippen molar-refractivity contribution < 1.29 is 5.11 Å². The van der Waals surface area contributed by atoms with Crippen LogP contribution in [0, 0.1) is 0 Å². The van der Waals surface area contributed by atoms with Gasteiger partial charge in [-0.1, -0.05) is 35.3 Å². The Morgan fingerprint density at radius 3 is 1.86 bits per heavy atom. The van der Waals surface area contributed by atoms with Crippen LogP contribution >= 0.6 is 23.2 Å². The van der Waals surface area contributed by atoms with Gasteiger partial charge in [0.1, 0.15) is 5.75 Å². The molecule has 0 aliphatic carbocycles. The van der Waals surface area contributed by atoms with Crippen LogP contribution in [0.4, 0.5) is 0 Å². The summed E-state index contributed by atoms with van der Waals surface area (Å²) in [5.74, 6) is 0.674. The molecule has 0 aliphatic heterocycles. The van der Waals surface area contributed by atoms with E-state index in [1.54, 1.807) is 18.2 Å². The van der Waals surface area contributed by atoms with Crippen molar-refractivity contribution in [3.05, 3.63) is 52.5 Å². The number of aromatic nitrogens is 4. The molecule has 0 unspecified atom stereocenters. The van der Waals surface area contributed by atoms with Gasteiger partial charge in [0, 0.05) is 11.1 Å². The molecule has 3 aromatic rings. The average Bonchev–Trinajstić information content (AvgIpc) is 2.48. The smallest absolute Gasteiger partial charge is 0.205 e. The zero-order valence-electron chi connectivity index (χ0n) is 10.5. The van der Waals surface area contributed by atoms with E-state index in [4.69, 9.17) is 23.2 Å². The Morgan fingerprint density at radius 2 is 1.29 bits per heavy atom. The van der Waals surface area contributed by atoms with Crippen LogP contribution in [0.5, 0.6) is 5.75 Å². The molecular weight excluding hydrogens is 311 g/mol. The number of phenols is 1. The third-order valence-electron chi connectivity index (χ3n) is 2.79. The molecule has 3 rings (SSSR count). The molecule has 104 valence electrons. The SMILES string of the molecule is Oc1ccc(-c2nnc(-c3ccccc3Cl)nn2)c(Cl)c1. The van der Waals surface area contributed by atoms with Gasteiger partial charge in [0.15, 0.2) is 0 Å². The highest BCUT2D eigenvalue weighted by Crippen LogP contribution is 2.28. The van der Waals surface area contributed by atoms with Crippen molar-refractivity contribution in [3.8, 4) is 28.5 Å². The Balaban J connectivity index is 2.00. The lowest BCUT2D eigenvalue weighted by Gasteiger charge is -2.04. The first-order chi connectivity index (χ1) is 10.1. The molecule has 1 N–H and O–H groups in total. The lowest BCUT2D eigenvalue weighted by molar-refractivity contribution is 0.475. The minimum atomic E-state index is 0.0670. The molecule has 0 aliphatic rings. The second-order valence-corrected chi connectivity index (χ2v) is 5.01. The van der Waals surface area contributed by atoms with Crippen LogP contribution in [0.3, 0.4) is 0 Å². The molecule has 0 bridgehead atoms. The van der Waals surface area contributed by atoms with Gasteiger partial charge in [0.05, 0.1) is 10.0 Å². The van der Waals surface area contributed by atoms with Gasteiger partial charge < -0.3 is 5.11 Å². The van der Waals surface area contributed by atoms with Gasteiger partial charge in [-0.3, -0.25) is 0 Å². The summed E-state index contributed by atoms with van der Waals surface area (Å²) in [5, 5.41) is 26.2. The quantitative estimate of drug-likeness (QED) is 0.781. The summed E-state index contributed by atoms with van der Waals surface area (Å²) < 4.78 is 0. The van der Waals surface area contributed by atoms with Crippen molar-refractivity contribution >= 4 is 23.2 Å². The minimum Gasteiger partial charge on any atom is -0.508 e. The first-order valence-corrected chi connectivity index (χ1v) is 6.72. The van der Waals surface area contributed by atoms with Gasteiger partial charge in [-0.05, 0) is 30.3 Å². The third kappa shape index (κ3) is 2.79. The molecule has 0 atom stereocenters. The molecule has 2 aromatic carbocycles. The van der Waals surface area contributed by atoms with E-state index in [0.29, 0.717) is 27.0 Å². The van der Waals surface area contributed by atoms with E-state index in [-0.39, 0.29) is 11.6 Å². The molecule has 5 nitrogen and oxygen atoms in total. The van der Waals surface area contributed by atoms with Crippen LogP contribution in [0.15, 0.2) is 42.5 Å². The number of aromatic hydroxyl groups is 1. The molecule has 0 radical (unpaired) electrons. The second-order valence-electron chi connectivity index (χ2n) is 4.19. The lowest BCUT2D eigenvalue weighted by atomic mass is 10.2. The predicted octanol–water partition coefficient (Wildman–Crippen LogP) is 3.61. The standard InChI is InChI=1S/C14H8Cl2N4O/c15-11-4-2-1-3-9(11)13-17-19-14(20-18-13)10-6-5-8(21)7-12(10)16/h1-7,21H. The lowest BCUT2D eigenvalue weighted by Crippen LogP contribution is -1.99. The molecule has 0 amide bonds. The first kappa shape index (κ1) is 13.7. The summed E-state index contributed by atoms with van der Waals surface area (Å²) in [5.41, 5.74) is 1.20. The van der Waals surface area contributed by atoms with Crippen LogP contribution in [0.25, 0.3) is 22.8 Å². The Bertz CT molecular complexity index is 793. The maximum Gasteiger partial charge on any atom is 0.205 e. The largest absolute Gasteiger partial charge is 0.508 e. The van der Waals surface area contributed by atoms with Crippen LogP contribution in [-0.2, 0) is 0 Å². The Morgan fingerprint density at radius 1 is 0.714 bits per heavy atom. The van der Waals surface area contributed by atoms with E-state index < -0.39 is 0 Å². The number of nitrogens with zero attached hydrogens (tertiary/aromatic N) is 4. The zero-order valence-corrected chi connectivity index (χ0v) is 12.0. The van der Waals surface area contributed by atoms with Crippen molar-refractivity contribution in [1.82, 2.24) is 20.4 Å². The van der Waals surface area contributed by atoms with E-state index in [9.17, 15) is 5.11 Å². The fraction of sp³-hybridized carbons (Fsp3) is 0. The predicted molar refractivity (Wildman–Crippen MR) is 80.2 cm³/mol. The number of phenolic OH excluding ortho intramolecular Hbond substituents is 1. The number of halogens is 2. The van der Waals surface area contributed by atoms with Gasteiger partial charge in [0.25, 0.3) is 0 Å².